The minimum Gasteiger partial charge on any atom is -0.467 e. The van der Waals surface area contributed by atoms with Crippen LogP contribution in [0.15, 0.2) is 12.1 Å². The molecule has 2 heterocycles. The Bertz CT molecular complexity index is 581. The molecule has 0 aromatic heterocycles. The molecule has 1 aromatic rings. The zero-order valence-electron chi connectivity index (χ0n) is 13.3. The Morgan fingerprint density at radius 2 is 2.08 bits per heavy atom. The van der Waals surface area contributed by atoms with Crippen LogP contribution in [0.1, 0.15) is 24.0 Å². The number of benzene rings is 1. The van der Waals surface area contributed by atoms with E-state index in [1.165, 1.54) is 12.1 Å². The Balaban J connectivity index is 0.00000208. The average molecular weight is 361 g/mol. The molecular weight excluding hydrogens is 339 g/mol. The molecule has 0 aliphatic carbocycles. The fraction of sp³-hybridized carbons (Fsp3) is 0.562. The minimum atomic E-state index is -0.576. The van der Waals surface area contributed by atoms with Crippen molar-refractivity contribution in [3.05, 3.63) is 29.1 Å². The van der Waals surface area contributed by atoms with Gasteiger partial charge in [0.15, 0.2) is 6.79 Å². The lowest BCUT2D eigenvalue weighted by Gasteiger charge is -2.27. The summed E-state index contributed by atoms with van der Waals surface area (Å²) < 4.78 is 29.5. The van der Waals surface area contributed by atoms with Gasteiger partial charge in [-0.2, -0.15) is 0 Å². The quantitative estimate of drug-likeness (QED) is 0.850. The first-order valence-electron chi connectivity index (χ1n) is 7.78. The number of carbonyl (C=O) groups is 1. The van der Waals surface area contributed by atoms with Crippen LogP contribution in [-0.4, -0.2) is 32.0 Å². The van der Waals surface area contributed by atoms with E-state index in [1.807, 2.05) is 0 Å². The molecule has 0 radical (unpaired) electrons. The van der Waals surface area contributed by atoms with Crippen molar-refractivity contribution in [2.45, 2.75) is 32.0 Å². The summed E-state index contributed by atoms with van der Waals surface area (Å²) in [4.78, 5) is 12.2. The van der Waals surface area contributed by atoms with Crippen molar-refractivity contribution in [3.63, 3.8) is 0 Å². The van der Waals surface area contributed by atoms with Crippen molar-refractivity contribution in [1.29, 1.82) is 0 Å². The smallest absolute Gasteiger partial charge is 0.237 e. The van der Waals surface area contributed by atoms with Crippen LogP contribution in [0, 0.1) is 11.7 Å². The van der Waals surface area contributed by atoms with Crippen LogP contribution in [0.4, 0.5) is 4.39 Å². The van der Waals surface area contributed by atoms with Gasteiger partial charge < -0.3 is 25.3 Å². The summed E-state index contributed by atoms with van der Waals surface area (Å²) in [6.07, 6.45) is 1.56. The third kappa shape index (κ3) is 4.36. The molecule has 1 atom stereocenters. The Kier molecular flexibility index (Phi) is 6.79. The summed E-state index contributed by atoms with van der Waals surface area (Å²) in [6, 6.07) is 2.17. The number of amides is 1. The number of hydrogen-bond donors (Lipinski definition) is 2. The zero-order chi connectivity index (χ0) is 16.2. The van der Waals surface area contributed by atoms with E-state index < -0.39 is 6.04 Å². The van der Waals surface area contributed by atoms with Crippen LogP contribution in [0.3, 0.4) is 0 Å². The molecule has 0 saturated carbocycles. The van der Waals surface area contributed by atoms with E-state index in [4.69, 9.17) is 19.9 Å². The molecular formula is C16H22ClFN2O4. The molecule has 0 bridgehead atoms. The molecule has 1 amide bonds. The second kappa shape index (κ2) is 8.62. The maximum Gasteiger partial charge on any atom is 0.237 e. The lowest BCUT2D eigenvalue weighted by molar-refractivity contribution is -0.124. The fourth-order valence-corrected chi connectivity index (χ4v) is 2.98. The number of halogens is 2. The first-order valence-corrected chi connectivity index (χ1v) is 7.78. The molecule has 6 nitrogen and oxygen atoms in total. The number of fused-ring (bicyclic) bond motifs is 1. The van der Waals surface area contributed by atoms with E-state index in [0.29, 0.717) is 36.7 Å². The predicted molar refractivity (Wildman–Crippen MR) is 87.3 cm³/mol. The van der Waals surface area contributed by atoms with Gasteiger partial charge in [-0.15, -0.1) is 12.4 Å². The van der Waals surface area contributed by atoms with Crippen molar-refractivity contribution in [3.8, 4) is 5.75 Å². The van der Waals surface area contributed by atoms with Gasteiger partial charge in [0, 0.05) is 30.9 Å². The van der Waals surface area contributed by atoms with E-state index >= 15 is 0 Å². The molecule has 1 aromatic carbocycles. The largest absolute Gasteiger partial charge is 0.467 e. The number of rotatable bonds is 4. The first kappa shape index (κ1) is 18.9. The van der Waals surface area contributed by atoms with Gasteiger partial charge in [0.1, 0.15) is 11.6 Å². The Labute approximate surface area is 146 Å². The van der Waals surface area contributed by atoms with Gasteiger partial charge in [-0.25, -0.2) is 4.39 Å². The van der Waals surface area contributed by atoms with E-state index in [-0.39, 0.29) is 43.4 Å². The molecule has 24 heavy (non-hydrogen) atoms. The summed E-state index contributed by atoms with van der Waals surface area (Å²) in [5.74, 6) is 0.0882. The van der Waals surface area contributed by atoms with E-state index in [9.17, 15) is 9.18 Å². The average Bonchev–Trinajstić information content (AvgIpc) is 2.59. The molecule has 134 valence electrons. The summed E-state index contributed by atoms with van der Waals surface area (Å²) in [6.45, 7) is 1.88. The van der Waals surface area contributed by atoms with Gasteiger partial charge in [-0.05, 0) is 30.9 Å². The second-order valence-corrected chi connectivity index (χ2v) is 5.86. The number of hydrogen-bond acceptors (Lipinski definition) is 5. The molecule has 0 spiro atoms. The van der Waals surface area contributed by atoms with Gasteiger partial charge >= 0.3 is 0 Å². The Morgan fingerprint density at radius 1 is 1.33 bits per heavy atom. The highest BCUT2D eigenvalue weighted by atomic mass is 35.5. The Morgan fingerprint density at radius 3 is 2.83 bits per heavy atom. The molecule has 1 unspecified atom stereocenters. The standard InChI is InChI=1S/C16H21FN2O4.ClH/c17-13-5-11(15-12(6-13)8-22-9-23-15)7-19-16(20)14(18)10-1-3-21-4-2-10;/h5-6,10,14H,1-4,7-9,18H2,(H,19,20);1H. The Hall–Kier alpha value is -1.41. The number of nitrogens with two attached hydrogens (primary N) is 1. The predicted octanol–water partition coefficient (Wildman–Crippen LogP) is 1.48. The van der Waals surface area contributed by atoms with Gasteiger partial charge in [-0.3, -0.25) is 4.79 Å². The fourth-order valence-electron chi connectivity index (χ4n) is 2.98. The summed E-state index contributed by atoms with van der Waals surface area (Å²) in [7, 11) is 0. The summed E-state index contributed by atoms with van der Waals surface area (Å²) in [5, 5.41) is 2.78. The molecule has 2 aliphatic heterocycles. The van der Waals surface area contributed by atoms with Gasteiger partial charge in [0.25, 0.3) is 0 Å². The van der Waals surface area contributed by atoms with E-state index in [0.717, 1.165) is 12.8 Å². The molecule has 1 fully saturated rings. The van der Waals surface area contributed by atoms with E-state index in [1.54, 1.807) is 0 Å². The van der Waals surface area contributed by atoms with Crippen molar-refractivity contribution >= 4 is 18.3 Å². The monoisotopic (exact) mass is 360 g/mol. The van der Waals surface area contributed by atoms with Crippen LogP contribution >= 0.6 is 12.4 Å². The van der Waals surface area contributed by atoms with Crippen LogP contribution in [0.5, 0.6) is 5.75 Å². The number of ether oxygens (including phenoxy) is 3. The van der Waals surface area contributed by atoms with Crippen molar-refractivity contribution in [1.82, 2.24) is 5.32 Å². The van der Waals surface area contributed by atoms with E-state index in [2.05, 4.69) is 5.32 Å². The molecule has 2 aliphatic rings. The van der Waals surface area contributed by atoms with Crippen molar-refractivity contribution in [2.24, 2.45) is 11.7 Å². The molecule has 3 N–H and O–H groups in total. The number of carbonyl (C=O) groups excluding carboxylic acids is 1. The van der Waals surface area contributed by atoms with Gasteiger partial charge in [0.05, 0.1) is 12.6 Å². The lowest BCUT2D eigenvalue weighted by atomic mass is 9.92. The first-order chi connectivity index (χ1) is 11.1. The zero-order valence-corrected chi connectivity index (χ0v) is 14.1. The highest BCUT2D eigenvalue weighted by Crippen LogP contribution is 2.29. The van der Waals surface area contributed by atoms with Crippen molar-refractivity contribution < 1.29 is 23.4 Å². The van der Waals surface area contributed by atoms with Crippen LogP contribution < -0.4 is 15.8 Å². The highest BCUT2D eigenvalue weighted by molar-refractivity contribution is 5.85. The summed E-state index contributed by atoms with van der Waals surface area (Å²) in [5.41, 5.74) is 7.27. The van der Waals surface area contributed by atoms with Crippen LogP contribution in [-0.2, 0) is 27.4 Å². The van der Waals surface area contributed by atoms with Gasteiger partial charge in [0.2, 0.25) is 5.91 Å². The molecule has 1 saturated heterocycles. The summed E-state index contributed by atoms with van der Waals surface area (Å²) >= 11 is 0. The SMILES string of the molecule is Cl.NC(C(=O)NCc1cc(F)cc2c1OCOC2)C1CCOCC1. The molecule has 3 rings (SSSR count). The second-order valence-electron chi connectivity index (χ2n) is 5.86. The van der Waals surface area contributed by atoms with Crippen molar-refractivity contribution in [2.75, 3.05) is 20.0 Å². The topological polar surface area (TPSA) is 82.8 Å². The van der Waals surface area contributed by atoms with Crippen LogP contribution in [0.25, 0.3) is 0 Å². The van der Waals surface area contributed by atoms with Crippen LogP contribution in [0.2, 0.25) is 0 Å². The third-order valence-electron chi connectivity index (χ3n) is 4.28. The normalized spacial score (nSPS) is 18.8. The lowest BCUT2D eigenvalue weighted by Crippen LogP contribution is -2.46. The molecule has 8 heteroatoms. The maximum atomic E-state index is 13.7. The van der Waals surface area contributed by atoms with Gasteiger partial charge in [-0.1, -0.05) is 0 Å². The maximum absolute atomic E-state index is 13.7. The minimum absolute atomic E-state index is 0. The third-order valence-corrected chi connectivity index (χ3v) is 4.28. The number of nitrogens with one attached hydrogen (secondary N) is 1. The highest BCUT2D eigenvalue weighted by Gasteiger charge is 2.27.